The molecule has 0 radical (unpaired) electrons. The minimum Gasteiger partial charge on any atom is -0.256 e. The fourth-order valence-electron chi connectivity index (χ4n) is 1.72. The van der Waals surface area contributed by atoms with Gasteiger partial charge >= 0.3 is 0 Å². The minimum atomic E-state index is 0.872. The van der Waals surface area contributed by atoms with E-state index < -0.39 is 0 Å². The van der Waals surface area contributed by atoms with E-state index in [0.29, 0.717) is 0 Å². The highest BCUT2D eigenvalue weighted by Gasteiger charge is 2.03. The third-order valence-electron chi connectivity index (χ3n) is 2.39. The molecule has 2 heterocycles. The Labute approximate surface area is 95.1 Å². The predicted molar refractivity (Wildman–Crippen MR) is 64.7 cm³/mol. The highest BCUT2D eigenvalue weighted by molar-refractivity contribution is 9.10. The smallest absolute Gasteiger partial charge is 0.107 e. The summed E-state index contributed by atoms with van der Waals surface area (Å²) < 4.78 is 0.872. The van der Waals surface area contributed by atoms with Crippen LogP contribution in [-0.2, 0) is 0 Å². The van der Waals surface area contributed by atoms with E-state index in [0.717, 1.165) is 26.4 Å². The van der Waals surface area contributed by atoms with Crippen molar-refractivity contribution < 1.29 is 0 Å². The van der Waals surface area contributed by atoms with Crippen molar-refractivity contribution in [1.82, 2.24) is 9.97 Å². The molecule has 0 N–H and O–H groups in total. The van der Waals surface area contributed by atoms with Gasteiger partial charge in [0.15, 0.2) is 0 Å². The molecule has 0 aliphatic rings. The number of benzene rings is 1. The van der Waals surface area contributed by atoms with Crippen LogP contribution in [0, 0.1) is 0 Å². The van der Waals surface area contributed by atoms with Crippen molar-refractivity contribution in [1.29, 1.82) is 0 Å². The first-order valence-electron chi connectivity index (χ1n) is 4.64. The SMILES string of the molecule is Brc1cc2ccc3nccccc3c2n1. The standard InChI is InChI=1S/C12H7BrN2/c13-11-7-8-4-5-10-9(12(8)15-11)3-1-2-6-14-10/h1-7H. The zero-order valence-electron chi connectivity index (χ0n) is 7.81. The van der Waals surface area contributed by atoms with E-state index in [1.54, 1.807) is 6.20 Å². The highest BCUT2D eigenvalue weighted by Crippen LogP contribution is 2.25. The normalized spacial score (nSPS) is 11.0. The number of hydrogen-bond acceptors (Lipinski definition) is 2. The van der Waals surface area contributed by atoms with Gasteiger partial charge in [-0.15, -0.1) is 0 Å². The van der Waals surface area contributed by atoms with Crippen LogP contribution in [0.2, 0.25) is 0 Å². The molecule has 3 rings (SSSR count). The Bertz CT molecular complexity index is 649. The van der Waals surface area contributed by atoms with Crippen molar-refractivity contribution in [2.24, 2.45) is 0 Å². The fourth-order valence-corrected chi connectivity index (χ4v) is 2.15. The molecule has 3 heteroatoms. The monoisotopic (exact) mass is 258 g/mol. The van der Waals surface area contributed by atoms with E-state index in [1.165, 1.54) is 0 Å². The average Bonchev–Trinajstić information content (AvgIpc) is 2.48. The maximum atomic E-state index is 4.45. The van der Waals surface area contributed by atoms with Crippen molar-refractivity contribution >= 4 is 37.7 Å². The predicted octanol–water partition coefficient (Wildman–Crippen LogP) is 3.55. The molecule has 72 valence electrons. The van der Waals surface area contributed by atoms with Crippen molar-refractivity contribution in [3.63, 3.8) is 0 Å². The van der Waals surface area contributed by atoms with Crippen LogP contribution < -0.4 is 0 Å². The van der Waals surface area contributed by atoms with Crippen LogP contribution in [0.25, 0.3) is 21.8 Å². The first kappa shape index (κ1) is 8.80. The topological polar surface area (TPSA) is 25.8 Å². The molecule has 0 unspecified atom stereocenters. The maximum absolute atomic E-state index is 4.45. The summed E-state index contributed by atoms with van der Waals surface area (Å²) in [6, 6.07) is 12.0. The molecule has 0 aliphatic carbocycles. The van der Waals surface area contributed by atoms with Crippen LogP contribution in [0.5, 0.6) is 0 Å². The molecule has 0 amide bonds. The van der Waals surface area contributed by atoms with Crippen LogP contribution in [0.3, 0.4) is 0 Å². The molecular weight excluding hydrogens is 252 g/mol. The Balaban J connectivity index is 2.60. The lowest BCUT2D eigenvalue weighted by molar-refractivity contribution is 1.42. The summed E-state index contributed by atoms with van der Waals surface area (Å²) >= 11 is 3.39. The van der Waals surface area contributed by atoms with Gasteiger partial charge in [0.1, 0.15) is 4.60 Å². The first-order valence-corrected chi connectivity index (χ1v) is 5.44. The second kappa shape index (κ2) is 3.28. The Hall–Kier alpha value is -1.48. The van der Waals surface area contributed by atoms with Crippen LogP contribution in [0.4, 0.5) is 0 Å². The van der Waals surface area contributed by atoms with Gasteiger partial charge in [0.2, 0.25) is 0 Å². The van der Waals surface area contributed by atoms with Crippen LogP contribution in [0.1, 0.15) is 0 Å². The third-order valence-corrected chi connectivity index (χ3v) is 2.80. The molecule has 0 spiro atoms. The van der Waals surface area contributed by atoms with Crippen LogP contribution in [0.15, 0.2) is 47.2 Å². The summed E-state index contributed by atoms with van der Waals surface area (Å²) in [5.41, 5.74) is 1.97. The Morgan fingerprint density at radius 1 is 1.07 bits per heavy atom. The van der Waals surface area contributed by atoms with E-state index >= 15 is 0 Å². The second-order valence-corrected chi connectivity index (χ2v) is 4.16. The van der Waals surface area contributed by atoms with Crippen molar-refractivity contribution in [2.45, 2.75) is 0 Å². The van der Waals surface area contributed by atoms with E-state index in [-0.39, 0.29) is 0 Å². The summed E-state index contributed by atoms with van der Waals surface area (Å²) in [5.74, 6) is 0. The summed E-state index contributed by atoms with van der Waals surface area (Å²) in [6.45, 7) is 0. The summed E-state index contributed by atoms with van der Waals surface area (Å²) in [7, 11) is 0. The third kappa shape index (κ3) is 1.39. The lowest BCUT2D eigenvalue weighted by atomic mass is 10.2. The number of fused-ring (bicyclic) bond motifs is 3. The number of halogens is 1. The van der Waals surface area contributed by atoms with Gasteiger partial charge in [0.25, 0.3) is 0 Å². The fraction of sp³-hybridized carbons (Fsp3) is 0. The van der Waals surface area contributed by atoms with Gasteiger partial charge < -0.3 is 0 Å². The first-order chi connectivity index (χ1) is 7.34. The summed E-state index contributed by atoms with van der Waals surface area (Å²) in [5, 5.41) is 2.23. The molecule has 3 aromatic rings. The Morgan fingerprint density at radius 2 is 2.00 bits per heavy atom. The van der Waals surface area contributed by atoms with E-state index in [1.807, 2.05) is 36.4 Å². The van der Waals surface area contributed by atoms with Gasteiger partial charge in [-0.25, -0.2) is 4.98 Å². The average molecular weight is 259 g/mol. The van der Waals surface area contributed by atoms with Crippen LogP contribution >= 0.6 is 15.9 Å². The van der Waals surface area contributed by atoms with Gasteiger partial charge in [0.05, 0.1) is 11.0 Å². The second-order valence-electron chi connectivity index (χ2n) is 3.34. The lowest BCUT2D eigenvalue weighted by Crippen LogP contribution is -1.74. The van der Waals surface area contributed by atoms with Crippen LogP contribution in [-0.4, -0.2) is 9.97 Å². The van der Waals surface area contributed by atoms with E-state index in [2.05, 4.69) is 25.9 Å². The van der Waals surface area contributed by atoms with Gasteiger partial charge in [-0.2, -0.15) is 0 Å². The van der Waals surface area contributed by atoms with Gasteiger partial charge in [-0.3, -0.25) is 4.98 Å². The summed E-state index contributed by atoms with van der Waals surface area (Å²) in [6.07, 6.45) is 1.80. The molecule has 2 nitrogen and oxygen atoms in total. The molecule has 0 fully saturated rings. The lowest BCUT2D eigenvalue weighted by Gasteiger charge is -1.92. The van der Waals surface area contributed by atoms with E-state index in [9.17, 15) is 0 Å². The molecule has 2 aromatic heterocycles. The summed E-state index contributed by atoms with van der Waals surface area (Å²) in [4.78, 5) is 8.79. The quantitative estimate of drug-likeness (QED) is 0.617. The molecule has 0 saturated carbocycles. The van der Waals surface area contributed by atoms with Gasteiger partial charge in [-0.05, 0) is 34.1 Å². The number of rotatable bonds is 0. The van der Waals surface area contributed by atoms with Crippen molar-refractivity contribution in [3.8, 4) is 0 Å². The number of aromatic nitrogens is 2. The van der Waals surface area contributed by atoms with Gasteiger partial charge in [-0.1, -0.05) is 18.2 Å². The molecule has 0 atom stereocenters. The van der Waals surface area contributed by atoms with Gasteiger partial charge in [0, 0.05) is 17.0 Å². The number of nitrogens with zero attached hydrogens (tertiary/aromatic N) is 2. The largest absolute Gasteiger partial charge is 0.256 e. The zero-order valence-corrected chi connectivity index (χ0v) is 9.40. The minimum absolute atomic E-state index is 0.872. The highest BCUT2D eigenvalue weighted by atomic mass is 79.9. The maximum Gasteiger partial charge on any atom is 0.107 e. The molecule has 0 saturated heterocycles. The number of hydrogen-bond donors (Lipinski definition) is 0. The van der Waals surface area contributed by atoms with E-state index in [4.69, 9.17) is 0 Å². The molecule has 0 bridgehead atoms. The Kier molecular flexibility index (Phi) is 1.92. The molecule has 1 aromatic carbocycles. The molecule has 0 aliphatic heterocycles. The van der Waals surface area contributed by atoms with Crippen molar-refractivity contribution in [2.75, 3.05) is 0 Å². The van der Waals surface area contributed by atoms with Crippen molar-refractivity contribution in [3.05, 3.63) is 47.2 Å². The molecule has 15 heavy (non-hydrogen) atoms. The molecular formula is C12H7BrN2. The Morgan fingerprint density at radius 3 is 2.93 bits per heavy atom. The zero-order chi connectivity index (χ0) is 10.3.